The Morgan fingerprint density at radius 1 is 1.10 bits per heavy atom. The van der Waals surface area contributed by atoms with E-state index in [9.17, 15) is 8.78 Å². The van der Waals surface area contributed by atoms with Crippen LogP contribution in [0.25, 0.3) is 0 Å². The number of rotatable bonds is 8. The van der Waals surface area contributed by atoms with Crippen LogP contribution in [-0.2, 0) is 19.3 Å². The average molecular weight is 295 g/mol. The van der Waals surface area contributed by atoms with E-state index in [0.29, 0.717) is 6.42 Å². The highest BCUT2D eigenvalue weighted by Gasteiger charge is 2.23. The predicted octanol–water partition coefficient (Wildman–Crippen LogP) is 5.82. The molecule has 0 unspecified atom stereocenters. The monoisotopic (exact) mass is 295 g/mol. The lowest BCUT2D eigenvalue weighted by Crippen LogP contribution is -2.12. The molecule has 21 heavy (non-hydrogen) atoms. The zero-order valence-corrected chi connectivity index (χ0v) is 13.7. The Morgan fingerprint density at radius 2 is 1.71 bits per heavy atom. The van der Waals surface area contributed by atoms with Gasteiger partial charge < -0.3 is 0 Å². The van der Waals surface area contributed by atoms with Crippen LogP contribution in [0.3, 0.4) is 0 Å². The number of hydrogen-bond acceptors (Lipinski definition) is 1. The number of benzene rings is 1. The zero-order chi connectivity index (χ0) is 16.0. The third-order valence-electron chi connectivity index (χ3n) is 3.92. The lowest BCUT2D eigenvalue weighted by Gasteiger charge is -2.19. The summed E-state index contributed by atoms with van der Waals surface area (Å²) < 4.78 is 26.4. The maximum atomic E-state index is 13.2. The van der Waals surface area contributed by atoms with Gasteiger partial charge in [-0.05, 0) is 68.1 Å². The fourth-order valence-electron chi connectivity index (χ4n) is 2.85. The summed E-state index contributed by atoms with van der Waals surface area (Å²) in [5.74, 6) is -2.64. The van der Waals surface area contributed by atoms with E-state index in [-0.39, 0.29) is 6.42 Å². The maximum absolute atomic E-state index is 13.2. The van der Waals surface area contributed by atoms with Crippen LogP contribution < -0.4 is 0 Å². The molecule has 0 N–H and O–H groups in total. The van der Waals surface area contributed by atoms with Gasteiger partial charge in [-0.25, -0.2) is 8.78 Å². The lowest BCUT2D eigenvalue weighted by molar-refractivity contribution is 0.0133. The molecule has 0 aliphatic rings. The molecule has 1 aromatic carbocycles. The van der Waals surface area contributed by atoms with E-state index in [4.69, 9.17) is 0 Å². The van der Waals surface area contributed by atoms with Crippen LogP contribution >= 0.6 is 0 Å². The molecule has 0 saturated heterocycles. The number of alkyl halides is 2. The first-order chi connectivity index (χ1) is 9.84. The summed E-state index contributed by atoms with van der Waals surface area (Å²) in [6.45, 7) is 10.9. The van der Waals surface area contributed by atoms with Gasteiger partial charge in [-0.1, -0.05) is 26.7 Å². The molecule has 1 rings (SSSR count). The maximum Gasteiger partial charge on any atom is 0.245 e. The average Bonchev–Trinajstić information content (AvgIpc) is 2.40. The summed E-state index contributed by atoms with van der Waals surface area (Å²) in [6.07, 6.45) is 4.33. The van der Waals surface area contributed by atoms with Crippen molar-refractivity contribution in [2.45, 2.75) is 72.1 Å². The molecule has 1 nitrogen and oxygen atoms in total. The van der Waals surface area contributed by atoms with Crippen molar-refractivity contribution in [3.8, 4) is 0 Å². The van der Waals surface area contributed by atoms with Crippen molar-refractivity contribution in [2.75, 3.05) is 0 Å². The molecule has 0 atom stereocenters. The van der Waals surface area contributed by atoms with Crippen molar-refractivity contribution in [2.24, 2.45) is 4.99 Å². The van der Waals surface area contributed by atoms with Crippen LogP contribution in [-0.4, -0.2) is 12.6 Å². The van der Waals surface area contributed by atoms with Crippen molar-refractivity contribution >= 4 is 12.4 Å². The van der Waals surface area contributed by atoms with Crippen LogP contribution in [0, 0.1) is 6.92 Å². The summed E-state index contributed by atoms with van der Waals surface area (Å²) in [5.41, 5.74) is 5.47. The number of aliphatic imine (C=N–C) groups is 1. The molecule has 1 aromatic rings. The van der Waals surface area contributed by atoms with E-state index in [1.165, 1.54) is 11.1 Å². The fourth-order valence-corrected chi connectivity index (χ4v) is 2.85. The molecular weight excluding hydrogens is 268 g/mol. The first-order valence-corrected chi connectivity index (χ1v) is 7.82. The van der Waals surface area contributed by atoms with E-state index in [1.807, 2.05) is 6.92 Å². The van der Waals surface area contributed by atoms with Gasteiger partial charge in [0, 0.05) is 6.42 Å². The van der Waals surface area contributed by atoms with Crippen molar-refractivity contribution in [1.82, 2.24) is 0 Å². The highest BCUT2D eigenvalue weighted by atomic mass is 19.3. The quantitative estimate of drug-likeness (QED) is 0.536. The van der Waals surface area contributed by atoms with Crippen molar-refractivity contribution < 1.29 is 8.78 Å². The summed E-state index contributed by atoms with van der Waals surface area (Å²) in [7, 11) is 0. The minimum absolute atomic E-state index is 0.144. The summed E-state index contributed by atoms with van der Waals surface area (Å²) >= 11 is 0. The van der Waals surface area contributed by atoms with E-state index in [2.05, 4.69) is 31.6 Å². The van der Waals surface area contributed by atoms with Gasteiger partial charge in [0.2, 0.25) is 5.92 Å². The Labute approximate surface area is 127 Å². The Balaban J connectivity index is 3.27. The van der Waals surface area contributed by atoms with E-state index < -0.39 is 5.92 Å². The zero-order valence-electron chi connectivity index (χ0n) is 13.7. The topological polar surface area (TPSA) is 12.4 Å². The van der Waals surface area contributed by atoms with Gasteiger partial charge in [0.05, 0.1) is 5.69 Å². The van der Waals surface area contributed by atoms with Crippen LogP contribution in [0.1, 0.15) is 62.3 Å². The van der Waals surface area contributed by atoms with Crippen LogP contribution in [0.2, 0.25) is 0 Å². The van der Waals surface area contributed by atoms with Crippen molar-refractivity contribution in [3.63, 3.8) is 0 Å². The molecule has 0 spiro atoms. The number of hydrogen-bond donors (Lipinski definition) is 0. The predicted molar refractivity (Wildman–Crippen MR) is 87.3 cm³/mol. The smallest absolute Gasteiger partial charge is 0.245 e. The van der Waals surface area contributed by atoms with E-state index >= 15 is 0 Å². The minimum atomic E-state index is -2.64. The second-order valence-electron chi connectivity index (χ2n) is 5.87. The van der Waals surface area contributed by atoms with Gasteiger partial charge in [-0.3, -0.25) is 4.99 Å². The molecule has 0 fully saturated rings. The summed E-state index contributed by atoms with van der Waals surface area (Å²) in [5, 5.41) is 0. The number of aryl methyl sites for hydroxylation is 1. The number of halogens is 2. The molecule has 0 aliphatic heterocycles. The van der Waals surface area contributed by atoms with Crippen LogP contribution in [0.5, 0.6) is 0 Å². The lowest BCUT2D eigenvalue weighted by atomic mass is 9.88. The third kappa shape index (κ3) is 4.90. The molecule has 0 heterocycles. The Hall–Kier alpha value is -1.25. The first-order valence-electron chi connectivity index (χ1n) is 7.82. The summed E-state index contributed by atoms with van der Waals surface area (Å²) in [4.78, 5) is 4.08. The van der Waals surface area contributed by atoms with Gasteiger partial charge in [-0.15, -0.1) is 0 Å². The molecule has 118 valence electrons. The minimum Gasteiger partial charge on any atom is -0.264 e. The SMILES string of the molecule is C=Nc1cc(CCC)c(CCC)c(C)c1CCC(C)(F)F. The first kappa shape index (κ1) is 17.8. The largest absolute Gasteiger partial charge is 0.264 e. The molecule has 3 heteroatoms. The third-order valence-corrected chi connectivity index (χ3v) is 3.92. The van der Waals surface area contributed by atoms with Crippen molar-refractivity contribution in [3.05, 3.63) is 28.3 Å². The van der Waals surface area contributed by atoms with Crippen LogP contribution in [0.4, 0.5) is 14.5 Å². The van der Waals surface area contributed by atoms with E-state index in [1.54, 1.807) is 0 Å². The molecule has 0 amide bonds. The van der Waals surface area contributed by atoms with E-state index in [0.717, 1.165) is 49.4 Å². The fraction of sp³-hybridized carbons (Fsp3) is 0.611. The Bertz CT molecular complexity index is 487. The van der Waals surface area contributed by atoms with Gasteiger partial charge in [-0.2, -0.15) is 0 Å². The van der Waals surface area contributed by atoms with Gasteiger partial charge in [0.1, 0.15) is 0 Å². The van der Waals surface area contributed by atoms with Gasteiger partial charge in [0.25, 0.3) is 0 Å². The molecule has 0 aliphatic carbocycles. The van der Waals surface area contributed by atoms with Gasteiger partial charge in [0.15, 0.2) is 0 Å². The van der Waals surface area contributed by atoms with Crippen molar-refractivity contribution in [1.29, 1.82) is 0 Å². The molecule has 0 aromatic heterocycles. The Morgan fingerprint density at radius 3 is 2.19 bits per heavy atom. The standard InChI is InChI=1S/C18H27F2N/c1-6-8-14-12-17(21-5)16(10-11-18(4,19)20)13(3)15(14)9-7-2/h12H,5-11H2,1-4H3. The second kappa shape index (κ2) is 7.67. The number of nitrogens with zero attached hydrogens (tertiary/aromatic N) is 1. The molecular formula is C18H27F2N. The normalized spacial score (nSPS) is 11.7. The molecule has 0 bridgehead atoms. The summed E-state index contributed by atoms with van der Waals surface area (Å²) in [6, 6.07) is 2.05. The van der Waals surface area contributed by atoms with Crippen LogP contribution in [0.15, 0.2) is 11.1 Å². The van der Waals surface area contributed by atoms with Gasteiger partial charge >= 0.3 is 0 Å². The highest BCUT2D eigenvalue weighted by molar-refractivity contribution is 5.59. The highest BCUT2D eigenvalue weighted by Crippen LogP contribution is 2.33. The second-order valence-corrected chi connectivity index (χ2v) is 5.87. The molecule has 0 radical (unpaired) electrons. The Kier molecular flexibility index (Phi) is 6.50. The molecule has 0 saturated carbocycles.